The third kappa shape index (κ3) is 3.67. The van der Waals surface area contributed by atoms with Crippen LogP contribution in [0.25, 0.3) is 5.69 Å². The topological polar surface area (TPSA) is 59.0 Å². The fourth-order valence-corrected chi connectivity index (χ4v) is 2.66. The van der Waals surface area contributed by atoms with Gasteiger partial charge in [-0.1, -0.05) is 12.1 Å². The van der Waals surface area contributed by atoms with Gasteiger partial charge in [0.1, 0.15) is 0 Å². The molecule has 118 valence electrons. The van der Waals surface area contributed by atoms with Gasteiger partial charge < -0.3 is 10.6 Å². The largest absolute Gasteiger partial charge is 0.348 e. The summed E-state index contributed by atoms with van der Waals surface area (Å²) in [6.07, 6.45) is 5.65. The minimum absolute atomic E-state index is 0. The van der Waals surface area contributed by atoms with Crippen LogP contribution >= 0.6 is 12.4 Å². The van der Waals surface area contributed by atoms with E-state index in [9.17, 15) is 4.79 Å². The zero-order chi connectivity index (χ0) is 14.7. The maximum absolute atomic E-state index is 12.2. The number of aromatic nitrogens is 2. The van der Waals surface area contributed by atoms with Gasteiger partial charge in [0, 0.05) is 12.4 Å². The van der Waals surface area contributed by atoms with E-state index in [1.165, 1.54) is 0 Å². The van der Waals surface area contributed by atoms with E-state index in [1.807, 2.05) is 42.1 Å². The Balaban J connectivity index is 0.00000176. The first-order chi connectivity index (χ1) is 10.2. The molecule has 3 rings (SSSR count). The number of rotatable bonds is 4. The maximum Gasteiger partial charge on any atom is 0.237 e. The number of hydrogen-bond acceptors (Lipinski definition) is 3. The highest BCUT2D eigenvalue weighted by Gasteiger charge is 2.23. The second-order valence-corrected chi connectivity index (χ2v) is 5.42. The fraction of sp³-hybridized carbons (Fsp3) is 0.375. The summed E-state index contributed by atoms with van der Waals surface area (Å²) in [7, 11) is 0. The Bertz CT molecular complexity index is 608. The minimum Gasteiger partial charge on any atom is -0.348 e. The molecule has 1 aromatic heterocycles. The summed E-state index contributed by atoms with van der Waals surface area (Å²) in [5.41, 5.74) is 2.08. The van der Waals surface area contributed by atoms with E-state index >= 15 is 0 Å². The quantitative estimate of drug-likeness (QED) is 0.908. The summed E-state index contributed by atoms with van der Waals surface area (Å²) in [6.45, 7) is 2.94. The number of nitrogens with one attached hydrogen (secondary N) is 2. The Morgan fingerprint density at radius 2 is 2.32 bits per heavy atom. The van der Waals surface area contributed by atoms with Crippen molar-refractivity contribution in [3.63, 3.8) is 0 Å². The number of halogens is 1. The van der Waals surface area contributed by atoms with Gasteiger partial charge in [0.15, 0.2) is 0 Å². The lowest BCUT2D eigenvalue weighted by atomic mass is 10.1. The van der Waals surface area contributed by atoms with Crippen LogP contribution in [0.15, 0.2) is 42.7 Å². The first-order valence-electron chi connectivity index (χ1n) is 7.38. The summed E-state index contributed by atoms with van der Waals surface area (Å²) in [4.78, 5) is 12.2. The molecule has 2 aromatic rings. The molecular weight excluding hydrogens is 300 g/mol. The molecular formula is C16H21ClN4O. The molecule has 0 spiro atoms. The van der Waals surface area contributed by atoms with Crippen molar-refractivity contribution in [3.8, 4) is 5.69 Å². The van der Waals surface area contributed by atoms with Gasteiger partial charge in [-0.2, -0.15) is 5.10 Å². The minimum atomic E-state index is -0.0400. The SMILES string of the molecule is CC(NC(=O)C1CCCN1)c1cccc(-n2cccn2)c1.Cl. The van der Waals surface area contributed by atoms with Gasteiger partial charge in [-0.05, 0) is 50.1 Å². The van der Waals surface area contributed by atoms with Crippen molar-refractivity contribution in [2.75, 3.05) is 6.54 Å². The second kappa shape index (κ2) is 7.42. The van der Waals surface area contributed by atoms with Gasteiger partial charge in [0.25, 0.3) is 0 Å². The molecule has 2 heterocycles. The number of benzene rings is 1. The number of nitrogens with zero attached hydrogens (tertiary/aromatic N) is 2. The predicted molar refractivity (Wildman–Crippen MR) is 88.4 cm³/mol. The van der Waals surface area contributed by atoms with Crippen LogP contribution in [0.3, 0.4) is 0 Å². The first kappa shape index (κ1) is 16.5. The highest BCUT2D eigenvalue weighted by molar-refractivity contribution is 5.85. The normalized spacial score (nSPS) is 18.5. The Hall–Kier alpha value is -1.85. The lowest BCUT2D eigenvalue weighted by Gasteiger charge is -2.18. The van der Waals surface area contributed by atoms with Crippen LogP contribution in [0.4, 0.5) is 0 Å². The van der Waals surface area contributed by atoms with E-state index in [0.29, 0.717) is 0 Å². The van der Waals surface area contributed by atoms with Crippen LogP contribution in [0, 0.1) is 0 Å². The summed E-state index contributed by atoms with van der Waals surface area (Å²) in [5, 5.41) is 10.5. The highest BCUT2D eigenvalue weighted by Crippen LogP contribution is 2.17. The molecule has 2 unspecified atom stereocenters. The fourth-order valence-electron chi connectivity index (χ4n) is 2.66. The maximum atomic E-state index is 12.2. The van der Waals surface area contributed by atoms with Crippen molar-refractivity contribution in [1.82, 2.24) is 20.4 Å². The van der Waals surface area contributed by atoms with E-state index in [1.54, 1.807) is 6.20 Å². The van der Waals surface area contributed by atoms with Crippen LogP contribution in [0.2, 0.25) is 0 Å². The Labute approximate surface area is 136 Å². The second-order valence-electron chi connectivity index (χ2n) is 5.42. The van der Waals surface area contributed by atoms with Crippen molar-refractivity contribution in [3.05, 3.63) is 48.3 Å². The van der Waals surface area contributed by atoms with Gasteiger partial charge in [0.05, 0.1) is 17.8 Å². The van der Waals surface area contributed by atoms with E-state index in [0.717, 1.165) is 30.6 Å². The monoisotopic (exact) mass is 320 g/mol. The molecule has 1 aliphatic heterocycles. The molecule has 0 saturated carbocycles. The highest BCUT2D eigenvalue weighted by atomic mass is 35.5. The van der Waals surface area contributed by atoms with Crippen LogP contribution < -0.4 is 10.6 Å². The van der Waals surface area contributed by atoms with Crippen molar-refractivity contribution in [2.45, 2.75) is 31.8 Å². The van der Waals surface area contributed by atoms with E-state index in [2.05, 4.69) is 21.8 Å². The number of carbonyl (C=O) groups is 1. The molecule has 0 aliphatic carbocycles. The van der Waals surface area contributed by atoms with Crippen molar-refractivity contribution >= 4 is 18.3 Å². The molecule has 0 bridgehead atoms. The van der Waals surface area contributed by atoms with E-state index in [-0.39, 0.29) is 30.4 Å². The predicted octanol–water partition coefficient (Wildman–Crippen LogP) is 2.22. The number of hydrogen-bond donors (Lipinski definition) is 2. The zero-order valence-electron chi connectivity index (χ0n) is 12.5. The summed E-state index contributed by atoms with van der Waals surface area (Å²) >= 11 is 0. The Morgan fingerprint density at radius 3 is 3.00 bits per heavy atom. The van der Waals surface area contributed by atoms with Crippen LogP contribution in [0.1, 0.15) is 31.4 Å². The molecule has 5 nitrogen and oxygen atoms in total. The van der Waals surface area contributed by atoms with Gasteiger partial charge in [-0.15, -0.1) is 12.4 Å². The average Bonchev–Trinajstić information content (AvgIpc) is 3.20. The molecule has 22 heavy (non-hydrogen) atoms. The van der Waals surface area contributed by atoms with Crippen molar-refractivity contribution in [1.29, 1.82) is 0 Å². The zero-order valence-corrected chi connectivity index (χ0v) is 13.3. The van der Waals surface area contributed by atoms with Gasteiger partial charge in [-0.3, -0.25) is 4.79 Å². The molecule has 1 aliphatic rings. The van der Waals surface area contributed by atoms with Crippen LogP contribution in [-0.2, 0) is 4.79 Å². The summed E-state index contributed by atoms with van der Waals surface area (Å²) < 4.78 is 1.82. The standard InChI is InChI=1S/C16H20N4O.ClH/c1-12(19-16(21)15-7-3-8-17-15)13-5-2-6-14(11-13)20-10-4-9-18-20;/h2,4-6,9-12,15,17H,3,7-8H2,1H3,(H,19,21);1H. The Kier molecular flexibility index (Phi) is 5.57. The molecule has 6 heteroatoms. The van der Waals surface area contributed by atoms with Crippen LogP contribution in [-0.4, -0.2) is 28.3 Å². The lowest BCUT2D eigenvalue weighted by Crippen LogP contribution is -2.41. The molecule has 1 aromatic carbocycles. The lowest BCUT2D eigenvalue weighted by molar-refractivity contribution is -0.123. The molecule has 1 fully saturated rings. The molecule has 2 atom stereocenters. The third-order valence-electron chi connectivity index (χ3n) is 3.87. The number of amides is 1. The van der Waals surface area contributed by atoms with Gasteiger partial charge in [-0.25, -0.2) is 4.68 Å². The first-order valence-corrected chi connectivity index (χ1v) is 7.38. The smallest absolute Gasteiger partial charge is 0.237 e. The molecule has 2 N–H and O–H groups in total. The van der Waals surface area contributed by atoms with Gasteiger partial charge >= 0.3 is 0 Å². The summed E-state index contributed by atoms with van der Waals surface area (Å²) in [6, 6.07) is 9.91. The van der Waals surface area contributed by atoms with Gasteiger partial charge in [0.2, 0.25) is 5.91 Å². The summed E-state index contributed by atoms with van der Waals surface area (Å²) in [5.74, 6) is 0.0875. The molecule has 0 radical (unpaired) electrons. The average molecular weight is 321 g/mol. The Morgan fingerprint density at radius 1 is 1.45 bits per heavy atom. The van der Waals surface area contributed by atoms with Crippen molar-refractivity contribution < 1.29 is 4.79 Å². The third-order valence-corrected chi connectivity index (χ3v) is 3.87. The van der Waals surface area contributed by atoms with Crippen LogP contribution in [0.5, 0.6) is 0 Å². The molecule has 1 amide bonds. The van der Waals surface area contributed by atoms with E-state index in [4.69, 9.17) is 0 Å². The molecule has 1 saturated heterocycles. The van der Waals surface area contributed by atoms with Crippen molar-refractivity contribution in [2.24, 2.45) is 0 Å². The number of carbonyl (C=O) groups excluding carboxylic acids is 1. The van der Waals surface area contributed by atoms with E-state index < -0.39 is 0 Å².